The highest BCUT2D eigenvalue weighted by molar-refractivity contribution is 5.78. The summed E-state index contributed by atoms with van der Waals surface area (Å²) < 4.78 is 20.3. The van der Waals surface area contributed by atoms with Crippen LogP contribution in [0.5, 0.6) is 5.88 Å². The monoisotopic (exact) mass is 298 g/mol. The maximum absolute atomic E-state index is 13.2. The number of benzene rings is 1. The molecule has 0 bridgehead atoms. The fraction of sp³-hybridized carbons (Fsp3) is 0.250. The third-order valence-electron chi connectivity index (χ3n) is 4.06. The topological polar surface area (TPSA) is 43.2 Å². The zero-order valence-electron chi connectivity index (χ0n) is 12.1. The van der Waals surface area contributed by atoms with E-state index in [1.807, 2.05) is 23.0 Å². The van der Waals surface area contributed by atoms with Crippen LogP contribution in [0.4, 0.5) is 10.1 Å². The van der Waals surface area contributed by atoms with Crippen LogP contribution in [-0.2, 0) is 0 Å². The third kappa shape index (κ3) is 2.07. The molecule has 0 aliphatic carbocycles. The molecule has 0 N–H and O–H groups in total. The number of nitrogens with zero attached hydrogens (tertiary/aromatic N) is 4. The number of methoxy groups -OCH3 is 1. The Labute approximate surface area is 126 Å². The van der Waals surface area contributed by atoms with E-state index < -0.39 is 0 Å². The average Bonchev–Trinajstić information content (AvgIpc) is 2.89. The van der Waals surface area contributed by atoms with Crippen LogP contribution in [0.25, 0.3) is 10.9 Å². The summed E-state index contributed by atoms with van der Waals surface area (Å²) in [7, 11) is 1.60. The summed E-state index contributed by atoms with van der Waals surface area (Å²) in [4.78, 5) is 6.45. The summed E-state index contributed by atoms with van der Waals surface area (Å²) in [6, 6.07) is 8.93. The number of anilines is 1. The second-order valence-corrected chi connectivity index (χ2v) is 5.41. The van der Waals surface area contributed by atoms with E-state index in [-0.39, 0.29) is 5.82 Å². The smallest absolute Gasteiger partial charge is 0.213 e. The zero-order chi connectivity index (χ0) is 15.1. The van der Waals surface area contributed by atoms with Gasteiger partial charge in [0.2, 0.25) is 5.88 Å². The minimum absolute atomic E-state index is 0.230. The van der Waals surface area contributed by atoms with Gasteiger partial charge in [-0.2, -0.15) is 5.10 Å². The van der Waals surface area contributed by atoms with Gasteiger partial charge in [0, 0.05) is 24.5 Å². The highest BCUT2D eigenvalue weighted by atomic mass is 19.1. The number of pyridine rings is 1. The molecule has 22 heavy (non-hydrogen) atoms. The van der Waals surface area contributed by atoms with Gasteiger partial charge in [0.25, 0.3) is 0 Å². The summed E-state index contributed by atoms with van der Waals surface area (Å²) >= 11 is 0. The van der Waals surface area contributed by atoms with Crippen LogP contribution in [0, 0.1) is 5.82 Å². The van der Waals surface area contributed by atoms with Crippen molar-refractivity contribution in [3.63, 3.8) is 0 Å². The van der Waals surface area contributed by atoms with Crippen LogP contribution in [0.1, 0.15) is 6.04 Å². The predicted molar refractivity (Wildman–Crippen MR) is 81.7 cm³/mol. The van der Waals surface area contributed by atoms with Crippen LogP contribution in [0.3, 0.4) is 0 Å². The average molecular weight is 298 g/mol. The van der Waals surface area contributed by atoms with Crippen molar-refractivity contribution >= 4 is 16.6 Å². The quantitative estimate of drug-likeness (QED) is 0.745. The molecule has 0 spiro atoms. The van der Waals surface area contributed by atoms with Gasteiger partial charge < -0.3 is 9.64 Å². The molecule has 0 unspecified atom stereocenters. The van der Waals surface area contributed by atoms with E-state index in [2.05, 4.69) is 15.0 Å². The third-order valence-corrected chi connectivity index (χ3v) is 4.06. The van der Waals surface area contributed by atoms with E-state index in [9.17, 15) is 4.39 Å². The molecule has 6 heteroatoms. The number of fused-ring (bicyclic) bond motifs is 1. The molecule has 1 aliphatic rings. The number of hydrogen-bond acceptors (Lipinski definition) is 4. The number of halogens is 1. The van der Waals surface area contributed by atoms with Gasteiger partial charge in [-0.1, -0.05) is 0 Å². The molecule has 2 aromatic heterocycles. The Morgan fingerprint density at radius 3 is 2.77 bits per heavy atom. The van der Waals surface area contributed by atoms with Crippen LogP contribution < -0.4 is 9.64 Å². The fourth-order valence-corrected chi connectivity index (χ4v) is 2.82. The van der Waals surface area contributed by atoms with E-state index in [1.54, 1.807) is 19.4 Å². The van der Waals surface area contributed by atoms with Crippen molar-refractivity contribution in [2.75, 3.05) is 25.1 Å². The lowest BCUT2D eigenvalue weighted by molar-refractivity contribution is 0.376. The summed E-state index contributed by atoms with van der Waals surface area (Å²) in [5.41, 5.74) is 2.04. The molecule has 5 nitrogen and oxygen atoms in total. The molecule has 112 valence electrons. The van der Waals surface area contributed by atoms with Crippen LogP contribution in [0.15, 0.2) is 42.7 Å². The van der Waals surface area contributed by atoms with Gasteiger partial charge in [0.15, 0.2) is 0 Å². The fourth-order valence-electron chi connectivity index (χ4n) is 2.82. The lowest BCUT2D eigenvalue weighted by Crippen LogP contribution is -2.48. The Bertz CT molecular complexity index is 809. The molecule has 0 radical (unpaired) electrons. The van der Waals surface area contributed by atoms with E-state index in [4.69, 9.17) is 4.74 Å². The van der Waals surface area contributed by atoms with Gasteiger partial charge in [-0.15, -0.1) is 0 Å². The van der Waals surface area contributed by atoms with Gasteiger partial charge in [0.05, 0.1) is 36.7 Å². The number of aromatic nitrogens is 3. The van der Waals surface area contributed by atoms with E-state index in [0.29, 0.717) is 11.9 Å². The van der Waals surface area contributed by atoms with Gasteiger partial charge in [-0.3, -0.25) is 4.68 Å². The number of ether oxygens (including phenoxy) is 1. The van der Waals surface area contributed by atoms with Crippen molar-refractivity contribution in [1.29, 1.82) is 0 Å². The van der Waals surface area contributed by atoms with Gasteiger partial charge >= 0.3 is 0 Å². The first-order valence-electron chi connectivity index (χ1n) is 7.12. The Balaban J connectivity index is 1.52. The van der Waals surface area contributed by atoms with E-state index >= 15 is 0 Å². The molecule has 0 saturated carbocycles. The molecule has 1 fully saturated rings. The van der Waals surface area contributed by atoms with Crippen LogP contribution in [0.2, 0.25) is 0 Å². The lowest BCUT2D eigenvalue weighted by atomic mass is 10.1. The minimum Gasteiger partial charge on any atom is -0.481 e. The number of hydrogen-bond donors (Lipinski definition) is 0. The molecule has 4 rings (SSSR count). The lowest BCUT2D eigenvalue weighted by Gasteiger charge is -2.41. The summed E-state index contributed by atoms with van der Waals surface area (Å²) in [5.74, 6) is 0.382. The maximum Gasteiger partial charge on any atom is 0.213 e. The highest BCUT2D eigenvalue weighted by Crippen LogP contribution is 2.30. The van der Waals surface area contributed by atoms with E-state index in [0.717, 1.165) is 29.7 Å². The summed E-state index contributed by atoms with van der Waals surface area (Å²) in [6.07, 6.45) is 3.53. The normalized spacial score (nSPS) is 15.1. The SMILES string of the molecule is COc1ccc(N2CC(n3ncc4cc(F)ccc43)C2)cn1. The molecule has 1 saturated heterocycles. The van der Waals surface area contributed by atoms with Crippen molar-refractivity contribution in [3.8, 4) is 5.88 Å². The van der Waals surface area contributed by atoms with Crippen molar-refractivity contribution in [3.05, 3.63) is 48.5 Å². The van der Waals surface area contributed by atoms with Crippen LogP contribution >= 0.6 is 0 Å². The largest absolute Gasteiger partial charge is 0.481 e. The first-order chi connectivity index (χ1) is 10.7. The highest BCUT2D eigenvalue weighted by Gasteiger charge is 2.30. The Morgan fingerprint density at radius 1 is 1.18 bits per heavy atom. The molecule has 3 aromatic rings. The van der Waals surface area contributed by atoms with Crippen molar-refractivity contribution < 1.29 is 9.13 Å². The number of rotatable bonds is 3. The van der Waals surface area contributed by atoms with Crippen molar-refractivity contribution in [1.82, 2.24) is 14.8 Å². The molecule has 3 heterocycles. The zero-order valence-corrected chi connectivity index (χ0v) is 12.1. The minimum atomic E-state index is -0.230. The molecular weight excluding hydrogens is 283 g/mol. The maximum atomic E-state index is 13.2. The molecular formula is C16H15FN4O. The van der Waals surface area contributed by atoms with Crippen molar-refractivity contribution in [2.45, 2.75) is 6.04 Å². The molecule has 0 atom stereocenters. The predicted octanol–water partition coefficient (Wildman–Crippen LogP) is 2.64. The second-order valence-electron chi connectivity index (χ2n) is 5.41. The van der Waals surface area contributed by atoms with Gasteiger partial charge in [-0.05, 0) is 24.3 Å². The van der Waals surface area contributed by atoms with Gasteiger partial charge in [0.1, 0.15) is 5.82 Å². The molecule has 1 aliphatic heterocycles. The Morgan fingerprint density at radius 2 is 2.05 bits per heavy atom. The first-order valence-corrected chi connectivity index (χ1v) is 7.12. The summed E-state index contributed by atoms with van der Waals surface area (Å²) in [6.45, 7) is 1.73. The van der Waals surface area contributed by atoms with E-state index in [1.165, 1.54) is 12.1 Å². The second kappa shape index (κ2) is 4.98. The Kier molecular flexibility index (Phi) is 2.96. The molecule has 1 aromatic carbocycles. The van der Waals surface area contributed by atoms with Crippen LogP contribution in [-0.4, -0.2) is 35.0 Å². The molecule has 0 amide bonds. The van der Waals surface area contributed by atoms with Gasteiger partial charge in [-0.25, -0.2) is 9.37 Å². The first kappa shape index (κ1) is 13.1. The van der Waals surface area contributed by atoms with Crippen molar-refractivity contribution in [2.24, 2.45) is 0 Å². The summed E-state index contributed by atoms with van der Waals surface area (Å²) in [5, 5.41) is 5.24. The standard InChI is InChI=1S/C16H15FN4O/c1-22-16-5-3-13(8-18-16)20-9-14(10-20)21-15-4-2-12(17)6-11(15)7-19-21/h2-8,14H,9-10H2,1H3. The Hall–Kier alpha value is -2.63.